The molecule has 1 aromatic rings. The first-order valence-corrected chi connectivity index (χ1v) is 8.05. The molecule has 2 rings (SSSR count). The van der Waals surface area contributed by atoms with Gasteiger partial charge in [-0.2, -0.15) is 0 Å². The van der Waals surface area contributed by atoms with E-state index in [1.807, 2.05) is 0 Å². The van der Waals surface area contributed by atoms with Crippen LogP contribution in [0, 0.1) is 17.0 Å². The van der Waals surface area contributed by atoms with Crippen molar-refractivity contribution in [2.24, 2.45) is 0 Å². The first-order chi connectivity index (χ1) is 11.5. The lowest BCUT2D eigenvalue weighted by molar-refractivity contribution is -0.385. The summed E-state index contributed by atoms with van der Waals surface area (Å²) in [4.78, 5) is 34.1. The van der Waals surface area contributed by atoms with Crippen LogP contribution in [0.4, 0.5) is 16.2 Å². The number of rotatable bonds is 5. The molecule has 0 radical (unpaired) electrons. The summed E-state index contributed by atoms with van der Waals surface area (Å²) >= 11 is 0. The Balaban J connectivity index is 1.82. The van der Waals surface area contributed by atoms with E-state index in [2.05, 4.69) is 16.0 Å². The summed E-state index contributed by atoms with van der Waals surface area (Å²) in [5, 5.41) is 18.8. The highest BCUT2D eigenvalue weighted by atomic mass is 16.6. The molecule has 1 aromatic carbocycles. The van der Waals surface area contributed by atoms with E-state index in [0.717, 1.165) is 25.7 Å². The van der Waals surface area contributed by atoms with Gasteiger partial charge in [0.1, 0.15) is 0 Å². The standard InChI is InChI=1S/C16H22N4O4/c1-11-13(8-5-9-14(11)20(23)24)19-15(21)10-17-16(22)18-12-6-3-2-4-7-12/h5,8-9,12H,2-4,6-7,10H2,1H3,(H,19,21)(H2,17,18,22). The predicted octanol–water partition coefficient (Wildman–Crippen LogP) is 2.47. The number of amides is 3. The van der Waals surface area contributed by atoms with Crippen molar-refractivity contribution >= 4 is 23.3 Å². The maximum Gasteiger partial charge on any atom is 0.315 e. The molecule has 0 saturated heterocycles. The summed E-state index contributed by atoms with van der Waals surface area (Å²) in [6.07, 6.45) is 5.35. The molecule has 1 fully saturated rings. The maximum atomic E-state index is 11.9. The molecule has 0 aliphatic heterocycles. The second-order valence-corrected chi connectivity index (χ2v) is 5.92. The molecular formula is C16H22N4O4. The predicted molar refractivity (Wildman–Crippen MR) is 89.9 cm³/mol. The number of nitro groups is 1. The van der Waals surface area contributed by atoms with Crippen molar-refractivity contribution in [3.8, 4) is 0 Å². The monoisotopic (exact) mass is 334 g/mol. The zero-order valence-electron chi connectivity index (χ0n) is 13.6. The average molecular weight is 334 g/mol. The normalized spacial score (nSPS) is 14.7. The van der Waals surface area contributed by atoms with Crippen LogP contribution >= 0.6 is 0 Å². The Bertz CT molecular complexity index is 627. The number of nitrogens with zero attached hydrogens (tertiary/aromatic N) is 1. The van der Waals surface area contributed by atoms with Crippen LogP contribution in [0.2, 0.25) is 0 Å². The molecule has 8 nitrogen and oxygen atoms in total. The topological polar surface area (TPSA) is 113 Å². The molecule has 24 heavy (non-hydrogen) atoms. The Kier molecular flexibility index (Phi) is 6.11. The summed E-state index contributed by atoms with van der Waals surface area (Å²) < 4.78 is 0. The third kappa shape index (κ3) is 4.94. The van der Waals surface area contributed by atoms with Crippen LogP contribution in [-0.2, 0) is 4.79 Å². The zero-order chi connectivity index (χ0) is 17.5. The first kappa shape index (κ1) is 17.7. The Morgan fingerprint density at radius 3 is 2.62 bits per heavy atom. The third-order valence-electron chi connectivity index (χ3n) is 4.13. The Hall–Kier alpha value is -2.64. The summed E-state index contributed by atoms with van der Waals surface area (Å²) in [5.74, 6) is -0.433. The molecule has 0 atom stereocenters. The number of nitrogens with one attached hydrogen (secondary N) is 3. The van der Waals surface area contributed by atoms with E-state index >= 15 is 0 Å². The summed E-state index contributed by atoms with van der Waals surface area (Å²) in [6, 6.07) is 4.27. The minimum atomic E-state index is -0.499. The smallest absolute Gasteiger partial charge is 0.315 e. The van der Waals surface area contributed by atoms with Crippen LogP contribution < -0.4 is 16.0 Å². The fourth-order valence-electron chi connectivity index (χ4n) is 2.79. The molecule has 3 amide bonds. The highest BCUT2D eigenvalue weighted by molar-refractivity contribution is 5.95. The van der Waals surface area contributed by atoms with E-state index in [0.29, 0.717) is 11.3 Å². The Morgan fingerprint density at radius 2 is 1.96 bits per heavy atom. The van der Waals surface area contributed by atoms with Crippen molar-refractivity contribution < 1.29 is 14.5 Å². The number of nitro benzene ring substituents is 1. The van der Waals surface area contributed by atoms with Gasteiger partial charge in [0.2, 0.25) is 5.91 Å². The maximum absolute atomic E-state index is 11.9. The van der Waals surface area contributed by atoms with Crippen molar-refractivity contribution in [1.29, 1.82) is 0 Å². The van der Waals surface area contributed by atoms with Crippen LogP contribution in [-0.4, -0.2) is 29.4 Å². The molecule has 8 heteroatoms. The third-order valence-corrected chi connectivity index (χ3v) is 4.13. The zero-order valence-corrected chi connectivity index (χ0v) is 13.6. The first-order valence-electron chi connectivity index (χ1n) is 8.05. The second-order valence-electron chi connectivity index (χ2n) is 5.92. The highest BCUT2D eigenvalue weighted by Gasteiger charge is 2.17. The summed E-state index contributed by atoms with van der Waals surface area (Å²) in [6.45, 7) is 1.37. The minimum absolute atomic E-state index is 0.0594. The van der Waals surface area contributed by atoms with E-state index < -0.39 is 10.8 Å². The van der Waals surface area contributed by atoms with Gasteiger partial charge in [-0.15, -0.1) is 0 Å². The van der Waals surface area contributed by atoms with Crippen molar-refractivity contribution in [2.45, 2.75) is 45.1 Å². The van der Waals surface area contributed by atoms with Gasteiger partial charge in [-0.25, -0.2) is 4.79 Å². The fraction of sp³-hybridized carbons (Fsp3) is 0.500. The molecular weight excluding hydrogens is 312 g/mol. The number of hydrogen-bond acceptors (Lipinski definition) is 4. The molecule has 1 aliphatic carbocycles. The van der Waals surface area contributed by atoms with Gasteiger partial charge in [0, 0.05) is 12.1 Å². The number of carbonyl (C=O) groups is 2. The van der Waals surface area contributed by atoms with Gasteiger partial charge >= 0.3 is 6.03 Å². The quantitative estimate of drug-likeness (QED) is 0.567. The number of anilines is 1. The van der Waals surface area contributed by atoms with Gasteiger partial charge in [-0.1, -0.05) is 25.3 Å². The summed E-state index contributed by atoms with van der Waals surface area (Å²) in [5.41, 5.74) is 0.682. The molecule has 0 aromatic heterocycles. The van der Waals surface area contributed by atoms with Gasteiger partial charge in [0.05, 0.1) is 22.7 Å². The summed E-state index contributed by atoms with van der Waals surface area (Å²) in [7, 11) is 0. The SMILES string of the molecule is Cc1c(NC(=O)CNC(=O)NC2CCCCC2)cccc1[N+](=O)[O-]. The van der Waals surface area contributed by atoms with Crippen LogP contribution in [0.15, 0.2) is 18.2 Å². The molecule has 0 bridgehead atoms. The molecule has 1 aliphatic rings. The lowest BCUT2D eigenvalue weighted by Gasteiger charge is -2.22. The Labute approximate surface area is 140 Å². The molecule has 0 unspecified atom stereocenters. The number of urea groups is 1. The largest absolute Gasteiger partial charge is 0.335 e. The molecule has 3 N–H and O–H groups in total. The molecule has 1 saturated carbocycles. The number of carbonyl (C=O) groups excluding carboxylic acids is 2. The lowest BCUT2D eigenvalue weighted by Crippen LogP contribution is -2.45. The van der Waals surface area contributed by atoms with E-state index in [-0.39, 0.29) is 24.3 Å². The van der Waals surface area contributed by atoms with Crippen molar-refractivity contribution in [1.82, 2.24) is 10.6 Å². The van der Waals surface area contributed by atoms with Crippen LogP contribution in [0.25, 0.3) is 0 Å². The van der Waals surface area contributed by atoms with Crippen LogP contribution in [0.3, 0.4) is 0 Å². The minimum Gasteiger partial charge on any atom is -0.335 e. The average Bonchev–Trinajstić information content (AvgIpc) is 2.55. The molecule has 0 spiro atoms. The fourth-order valence-corrected chi connectivity index (χ4v) is 2.79. The van der Waals surface area contributed by atoms with Crippen LogP contribution in [0.5, 0.6) is 0 Å². The van der Waals surface area contributed by atoms with E-state index in [9.17, 15) is 19.7 Å². The lowest BCUT2D eigenvalue weighted by atomic mass is 9.96. The molecule has 0 heterocycles. The van der Waals surface area contributed by atoms with Gasteiger partial charge in [0.15, 0.2) is 0 Å². The number of benzene rings is 1. The van der Waals surface area contributed by atoms with E-state index in [1.54, 1.807) is 13.0 Å². The van der Waals surface area contributed by atoms with Gasteiger partial charge in [-0.3, -0.25) is 14.9 Å². The van der Waals surface area contributed by atoms with Crippen molar-refractivity contribution in [3.63, 3.8) is 0 Å². The number of hydrogen-bond donors (Lipinski definition) is 3. The van der Waals surface area contributed by atoms with Crippen molar-refractivity contribution in [2.75, 3.05) is 11.9 Å². The Morgan fingerprint density at radius 1 is 1.25 bits per heavy atom. The highest BCUT2D eigenvalue weighted by Crippen LogP contribution is 2.24. The van der Waals surface area contributed by atoms with Crippen LogP contribution in [0.1, 0.15) is 37.7 Å². The van der Waals surface area contributed by atoms with E-state index in [1.165, 1.54) is 18.6 Å². The molecule has 130 valence electrons. The van der Waals surface area contributed by atoms with Crippen molar-refractivity contribution in [3.05, 3.63) is 33.9 Å². The van der Waals surface area contributed by atoms with Gasteiger partial charge < -0.3 is 16.0 Å². The van der Waals surface area contributed by atoms with Gasteiger partial charge in [-0.05, 0) is 25.8 Å². The second kappa shape index (κ2) is 8.28. The van der Waals surface area contributed by atoms with E-state index in [4.69, 9.17) is 0 Å². The van der Waals surface area contributed by atoms with Gasteiger partial charge in [0.25, 0.3) is 5.69 Å².